The van der Waals surface area contributed by atoms with Crippen LogP contribution in [0.4, 0.5) is 0 Å². The monoisotopic (exact) mass is 221 g/mol. The lowest BCUT2D eigenvalue weighted by atomic mass is 9.97. The fourth-order valence-electron chi connectivity index (χ4n) is 1.60. The molecule has 0 spiro atoms. The van der Waals surface area contributed by atoms with E-state index in [0.29, 0.717) is 6.54 Å². The third-order valence-electron chi connectivity index (χ3n) is 2.75. The molecule has 1 atom stereocenters. The molecule has 16 heavy (non-hydrogen) atoms. The molecule has 0 radical (unpaired) electrons. The Morgan fingerprint density at radius 3 is 2.69 bits per heavy atom. The molecule has 0 aliphatic carbocycles. The molecule has 0 saturated heterocycles. The van der Waals surface area contributed by atoms with Crippen molar-refractivity contribution in [3.63, 3.8) is 0 Å². The molecule has 0 fully saturated rings. The zero-order valence-corrected chi connectivity index (χ0v) is 10.1. The smallest absolute Gasteiger partial charge is 0.166 e. The summed E-state index contributed by atoms with van der Waals surface area (Å²) in [5.74, 6) is 0.803. The van der Waals surface area contributed by atoms with E-state index in [0.717, 1.165) is 23.3 Å². The van der Waals surface area contributed by atoms with E-state index in [-0.39, 0.29) is 11.7 Å². The van der Waals surface area contributed by atoms with Crippen LogP contribution in [0.1, 0.15) is 29.8 Å². The standard InChI is InChI=1S/C13H19NO2/c1-4-10-7-11(5-6-12(10)16-3)13(15)9(2)8-14/h5-7,9H,4,8,14H2,1-3H3. The van der Waals surface area contributed by atoms with Gasteiger partial charge in [0.15, 0.2) is 5.78 Å². The van der Waals surface area contributed by atoms with E-state index in [1.807, 2.05) is 26.0 Å². The SMILES string of the molecule is CCc1cc(C(=O)C(C)CN)ccc1OC. The number of carbonyl (C=O) groups excluding carboxylic acids is 1. The van der Waals surface area contributed by atoms with E-state index in [1.165, 1.54) is 0 Å². The lowest BCUT2D eigenvalue weighted by Crippen LogP contribution is -2.20. The number of ether oxygens (including phenoxy) is 1. The van der Waals surface area contributed by atoms with Crippen molar-refractivity contribution in [1.29, 1.82) is 0 Å². The van der Waals surface area contributed by atoms with Crippen LogP contribution in [0.15, 0.2) is 18.2 Å². The van der Waals surface area contributed by atoms with Gasteiger partial charge in [-0.1, -0.05) is 13.8 Å². The number of methoxy groups -OCH3 is 1. The van der Waals surface area contributed by atoms with Crippen LogP contribution in [0, 0.1) is 5.92 Å². The van der Waals surface area contributed by atoms with Crippen LogP contribution >= 0.6 is 0 Å². The van der Waals surface area contributed by atoms with Gasteiger partial charge in [-0.15, -0.1) is 0 Å². The predicted octanol–water partition coefficient (Wildman–Crippen LogP) is 2.04. The summed E-state index contributed by atoms with van der Waals surface area (Å²) in [5.41, 5.74) is 7.26. The minimum Gasteiger partial charge on any atom is -0.496 e. The maximum atomic E-state index is 11.9. The lowest BCUT2D eigenvalue weighted by Gasteiger charge is -2.11. The van der Waals surface area contributed by atoms with Crippen LogP contribution in [-0.2, 0) is 6.42 Å². The van der Waals surface area contributed by atoms with Crippen LogP contribution in [0.2, 0.25) is 0 Å². The summed E-state index contributed by atoms with van der Waals surface area (Å²) in [4.78, 5) is 11.9. The third kappa shape index (κ3) is 2.61. The van der Waals surface area contributed by atoms with Gasteiger partial charge in [0.25, 0.3) is 0 Å². The summed E-state index contributed by atoms with van der Waals surface area (Å²) in [6.07, 6.45) is 0.849. The Bertz CT molecular complexity index is 374. The number of nitrogens with two attached hydrogens (primary N) is 1. The second kappa shape index (κ2) is 5.66. The van der Waals surface area contributed by atoms with Crippen molar-refractivity contribution in [2.24, 2.45) is 11.7 Å². The van der Waals surface area contributed by atoms with Gasteiger partial charge in [0.05, 0.1) is 7.11 Å². The molecule has 0 bridgehead atoms. The molecule has 1 rings (SSSR count). The molecule has 0 aliphatic rings. The fraction of sp³-hybridized carbons (Fsp3) is 0.462. The summed E-state index contributed by atoms with van der Waals surface area (Å²) >= 11 is 0. The highest BCUT2D eigenvalue weighted by atomic mass is 16.5. The number of Topliss-reactive ketones (excluding diaryl/α,β-unsaturated/α-hetero) is 1. The van der Waals surface area contributed by atoms with Crippen molar-refractivity contribution in [2.45, 2.75) is 20.3 Å². The van der Waals surface area contributed by atoms with Crippen LogP contribution in [0.5, 0.6) is 5.75 Å². The summed E-state index contributed by atoms with van der Waals surface area (Å²) in [7, 11) is 1.64. The summed E-state index contributed by atoms with van der Waals surface area (Å²) in [5, 5.41) is 0. The van der Waals surface area contributed by atoms with Gasteiger partial charge in [0.2, 0.25) is 0 Å². The largest absolute Gasteiger partial charge is 0.496 e. The first kappa shape index (κ1) is 12.7. The minimum atomic E-state index is -0.127. The third-order valence-corrected chi connectivity index (χ3v) is 2.75. The van der Waals surface area contributed by atoms with Gasteiger partial charge in [0.1, 0.15) is 5.75 Å². The highest BCUT2D eigenvalue weighted by Gasteiger charge is 2.14. The van der Waals surface area contributed by atoms with Crippen LogP contribution in [0.25, 0.3) is 0 Å². The molecule has 0 aromatic heterocycles. The molecule has 0 aliphatic heterocycles. The van der Waals surface area contributed by atoms with Crippen LogP contribution in [0.3, 0.4) is 0 Å². The van der Waals surface area contributed by atoms with Crippen molar-refractivity contribution in [2.75, 3.05) is 13.7 Å². The first-order valence-electron chi connectivity index (χ1n) is 5.55. The molecular formula is C13H19NO2. The second-order valence-corrected chi connectivity index (χ2v) is 3.88. The van der Waals surface area contributed by atoms with Gasteiger partial charge < -0.3 is 10.5 Å². The van der Waals surface area contributed by atoms with Crippen molar-refractivity contribution < 1.29 is 9.53 Å². The van der Waals surface area contributed by atoms with E-state index >= 15 is 0 Å². The zero-order valence-electron chi connectivity index (χ0n) is 10.1. The summed E-state index contributed by atoms with van der Waals surface area (Å²) in [6, 6.07) is 5.54. The Morgan fingerprint density at radius 2 is 2.19 bits per heavy atom. The normalized spacial score (nSPS) is 12.2. The molecule has 1 aromatic rings. The minimum absolute atomic E-state index is 0.0971. The predicted molar refractivity (Wildman–Crippen MR) is 64.9 cm³/mol. The Labute approximate surface area is 96.6 Å². The first-order chi connectivity index (χ1) is 7.63. The van der Waals surface area contributed by atoms with Crippen molar-refractivity contribution in [1.82, 2.24) is 0 Å². The number of ketones is 1. The van der Waals surface area contributed by atoms with Gasteiger partial charge in [-0.05, 0) is 30.2 Å². The maximum Gasteiger partial charge on any atom is 0.166 e. The van der Waals surface area contributed by atoms with Crippen molar-refractivity contribution in [3.05, 3.63) is 29.3 Å². The van der Waals surface area contributed by atoms with Crippen molar-refractivity contribution in [3.8, 4) is 5.75 Å². The maximum absolute atomic E-state index is 11.9. The molecule has 0 saturated carbocycles. The molecule has 88 valence electrons. The Kier molecular flexibility index (Phi) is 4.50. The zero-order chi connectivity index (χ0) is 12.1. The number of hydrogen-bond donors (Lipinski definition) is 1. The molecule has 2 N–H and O–H groups in total. The molecule has 1 aromatic carbocycles. The molecule has 3 nitrogen and oxygen atoms in total. The Morgan fingerprint density at radius 1 is 1.50 bits per heavy atom. The highest BCUT2D eigenvalue weighted by molar-refractivity contribution is 5.98. The Balaban J connectivity index is 3.03. The summed E-state index contributed by atoms with van der Waals surface area (Å²) in [6.45, 7) is 4.27. The molecule has 3 heteroatoms. The van der Waals surface area contributed by atoms with E-state index in [2.05, 4.69) is 0 Å². The fourth-order valence-corrected chi connectivity index (χ4v) is 1.60. The van der Waals surface area contributed by atoms with Crippen LogP contribution in [-0.4, -0.2) is 19.4 Å². The molecular weight excluding hydrogens is 202 g/mol. The van der Waals surface area contributed by atoms with E-state index in [4.69, 9.17) is 10.5 Å². The number of aryl methyl sites for hydroxylation is 1. The molecule has 0 heterocycles. The first-order valence-corrected chi connectivity index (χ1v) is 5.55. The molecule has 0 amide bonds. The topological polar surface area (TPSA) is 52.3 Å². The average Bonchev–Trinajstić information content (AvgIpc) is 2.35. The van der Waals surface area contributed by atoms with Gasteiger partial charge >= 0.3 is 0 Å². The number of rotatable bonds is 5. The van der Waals surface area contributed by atoms with Gasteiger partial charge in [-0.2, -0.15) is 0 Å². The average molecular weight is 221 g/mol. The number of carbonyl (C=O) groups is 1. The quantitative estimate of drug-likeness (QED) is 0.774. The lowest BCUT2D eigenvalue weighted by molar-refractivity contribution is 0.0934. The van der Waals surface area contributed by atoms with Gasteiger partial charge in [-0.25, -0.2) is 0 Å². The van der Waals surface area contributed by atoms with E-state index in [1.54, 1.807) is 13.2 Å². The number of benzene rings is 1. The van der Waals surface area contributed by atoms with Gasteiger partial charge in [-0.3, -0.25) is 4.79 Å². The Hall–Kier alpha value is -1.35. The van der Waals surface area contributed by atoms with E-state index in [9.17, 15) is 4.79 Å². The van der Waals surface area contributed by atoms with Crippen LogP contribution < -0.4 is 10.5 Å². The second-order valence-electron chi connectivity index (χ2n) is 3.88. The summed E-state index contributed by atoms with van der Waals surface area (Å²) < 4.78 is 5.22. The van der Waals surface area contributed by atoms with Gasteiger partial charge in [0, 0.05) is 18.0 Å². The molecule has 1 unspecified atom stereocenters. The highest BCUT2D eigenvalue weighted by Crippen LogP contribution is 2.21. The van der Waals surface area contributed by atoms with E-state index < -0.39 is 0 Å². The van der Waals surface area contributed by atoms with Crippen molar-refractivity contribution >= 4 is 5.78 Å². The number of hydrogen-bond acceptors (Lipinski definition) is 3.